The van der Waals surface area contributed by atoms with Crippen molar-refractivity contribution < 1.29 is 47.5 Å². The van der Waals surface area contributed by atoms with Gasteiger partial charge in [0.1, 0.15) is 13.2 Å². The van der Waals surface area contributed by atoms with E-state index >= 15 is 0 Å². The van der Waals surface area contributed by atoms with Gasteiger partial charge in [0.25, 0.3) is 0 Å². The van der Waals surface area contributed by atoms with E-state index in [4.69, 9.17) is 37.9 Å². The number of amides is 2. The maximum atomic E-state index is 12.2. The van der Waals surface area contributed by atoms with Crippen LogP contribution in [0.3, 0.4) is 0 Å². The molecule has 49 heavy (non-hydrogen) atoms. The van der Waals surface area contributed by atoms with Crippen molar-refractivity contribution in [2.75, 3.05) is 99.0 Å². The van der Waals surface area contributed by atoms with Crippen molar-refractivity contribution in [1.82, 2.24) is 10.6 Å². The third kappa shape index (κ3) is 14.5. The first kappa shape index (κ1) is 37.8. The van der Waals surface area contributed by atoms with Gasteiger partial charge in [0.2, 0.25) is 0 Å². The second kappa shape index (κ2) is 23.3. The zero-order valence-corrected chi connectivity index (χ0v) is 28.0. The average molecular weight is 681 g/mol. The summed E-state index contributed by atoms with van der Waals surface area (Å²) >= 11 is 0. The molecule has 3 aromatic carbocycles. The molecule has 2 N–H and O–H groups in total. The number of rotatable bonds is 25. The normalized spacial score (nSPS) is 11.9. The topological polar surface area (TPSA) is 132 Å². The van der Waals surface area contributed by atoms with Gasteiger partial charge in [-0.3, -0.25) is 0 Å². The van der Waals surface area contributed by atoms with Gasteiger partial charge in [-0.1, -0.05) is 78.9 Å². The van der Waals surface area contributed by atoms with E-state index in [1.807, 2.05) is 54.6 Å². The Labute approximate surface area is 288 Å². The number of carbonyl (C=O) groups excluding carboxylic acids is 2. The van der Waals surface area contributed by atoms with Gasteiger partial charge >= 0.3 is 12.2 Å². The number of hydrogen-bond acceptors (Lipinski definition) is 10. The number of benzene rings is 3. The minimum Gasteiger partial charge on any atom is -0.449 e. The molecule has 4 rings (SSSR count). The zero-order chi connectivity index (χ0) is 34.2. The first-order valence-corrected chi connectivity index (χ1v) is 16.7. The second-order valence-corrected chi connectivity index (χ2v) is 10.9. The maximum Gasteiger partial charge on any atom is 0.407 e. The van der Waals surface area contributed by atoms with Gasteiger partial charge in [-0.15, -0.1) is 0 Å². The van der Waals surface area contributed by atoms with E-state index in [1.165, 1.54) is 22.3 Å². The van der Waals surface area contributed by atoms with Crippen LogP contribution >= 0.6 is 0 Å². The third-order valence-corrected chi connectivity index (χ3v) is 7.45. The van der Waals surface area contributed by atoms with Gasteiger partial charge in [-0.2, -0.15) is 0 Å². The molecule has 1 aliphatic carbocycles. The summed E-state index contributed by atoms with van der Waals surface area (Å²) in [5.74, 6) is 0.0345. The lowest BCUT2D eigenvalue weighted by Gasteiger charge is -2.14. The van der Waals surface area contributed by atoms with E-state index in [0.29, 0.717) is 92.4 Å². The van der Waals surface area contributed by atoms with Gasteiger partial charge in [-0.05, 0) is 27.8 Å². The highest BCUT2D eigenvalue weighted by Gasteiger charge is 2.28. The summed E-state index contributed by atoms with van der Waals surface area (Å²) in [4.78, 5) is 23.9. The molecule has 0 aliphatic heterocycles. The van der Waals surface area contributed by atoms with E-state index in [9.17, 15) is 9.59 Å². The Morgan fingerprint density at radius 2 is 0.857 bits per heavy atom. The lowest BCUT2D eigenvalue weighted by molar-refractivity contribution is -0.0164. The summed E-state index contributed by atoms with van der Waals surface area (Å²) < 4.78 is 43.5. The van der Waals surface area contributed by atoms with Crippen LogP contribution in [-0.4, -0.2) is 111 Å². The molecule has 2 amide bonds. The molecule has 1 aliphatic rings. The standard InChI is InChI=1S/C37H48N2O10/c40-36(48-28-30-8-2-1-3-9-30)38-14-16-42-18-20-44-22-24-46-26-27-47-25-23-45-21-19-43-17-15-39-37(41)49-29-35-33-12-6-4-10-31(33)32-11-5-7-13-34(32)35/h1-13,35H,14-29H2,(H,38,40)(H,39,41). The Morgan fingerprint density at radius 3 is 1.33 bits per heavy atom. The molecular weight excluding hydrogens is 632 g/mol. The molecule has 0 radical (unpaired) electrons. The lowest BCUT2D eigenvalue weighted by atomic mass is 9.98. The molecule has 0 aromatic heterocycles. The van der Waals surface area contributed by atoms with Gasteiger partial charge in [0.15, 0.2) is 0 Å². The van der Waals surface area contributed by atoms with Gasteiger partial charge in [0, 0.05) is 19.0 Å². The van der Waals surface area contributed by atoms with Crippen molar-refractivity contribution in [2.24, 2.45) is 0 Å². The number of fused-ring (bicyclic) bond motifs is 3. The summed E-state index contributed by atoms with van der Waals surface area (Å²) in [6, 6.07) is 26.0. The molecule has 0 spiro atoms. The Hall–Kier alpha value is -4.04. The fourth-order valence-electron chi connectivity index (χ4n) is 5.08. The summed E-state index contributed by atoms with van der Waals surface area (Å²) in [5.41, 5.74) is 5.70. The number of carbonyl (C=O) groups is 2. The largest absolute Gasteiger partial charge is 0.449 e. The highest BCUT2D eigenvalue weighted by molar-refractivity contribution is 5.79. The van der Waals surface area contributed by atoms with Crippen LogP contribution < -0.4 is 10.6 Å². The predicted molar refractivity (Wildman–Crippen MR) is 183 cm³/mol. The molecule has 12 nitrogen and oxygen atoms in total. The van der Waals surface area contributed by atoms with Gasteiger partial charge in [-0.25, -0.2) is 9.59 Å². The van der Waals surface area contributed by atoms with E-state index in [1.54, 1.807) is 0 Å². The first-order chi connectivity index (χ1) is 24.2. The number of hydrogen-bond donors (Lipinski definition) is 2. The number of ether oxygens (including phenoxy) is 8. The molecule has 0 fully saturated rings. The second-order valence-electron chi connectivity index (χ2n) is 10.9. The molecule has 12 heteroatoms. The molecule has 266 valence electrons. The molecule has 0 bridgehead atoms. The molecule has 0 saturated heterocycles. The fourth-order valence-corrected chi connectivity index (χ4v) is 5.08. The van der Waals surface area contributed by atoms with Crippen LogP contribution in [0.15, 0.2) is 78.9 Å². The summed E-state index contributed by atoms with van der Waals surface area (Å²) in [6.07, 6.45) is -0.930. The molecular formula is C37H48N2O10. The van der Waals surface area contributed by atoms with Crippen molar-refractivity contribution in [1.29, 1.82) is 0 Å². The molecule has 0 atom stereocenters. The van der Waals surface area contributed by atoms with Gasteiger partial charge in [0.05, 0.1) is 79.3 Å². The summed E-state index contributed by atoms with van der Waals surface area (Å²) in [7, 11) is 0. The van der Waals surface area contributed by atoms with E-state index in [2.05, 4.69) is 34.9 Å². The van der Waals surface area contributed by atoms with Crippen LogP contribution in [0.4, 0.5) is 9.59 Å². The average Bonchev–Trinajstić information content (AvgIpc) is 3.45. The third-order valence-electron chi connectivity index (χ3n) is 7.45. The van der Waals surface area contributed by atoms with E-state index in [0.717, 1.165) is 5.56 Å². The van der Waals surface area contributed by atoms with Gasteiger partial charge < -0.3 is 48.5 Å². The lowest BCUT2D eigenvalue weighted by Crippen LogP contribution is -2.29. The Bertz CT molecular complexity index is 1310. The maximum absolute atomic E-state index is 12.2. The van der Waals surface area contributed by atoms with Crippen LogP contribution in [-0.2, 0) is 44.5 Å². The molecule has 0 saturated carbocycles. The summed E-state index contributed by atoms with van der Waals surface area (Å²) in [6.45, 7) is 6.44. The van der Waals surface area contributed by atoms with Crippen LogP contribution in [0, 0.1) is 0 Å². The fraction of sp³-hybridized carbons (Fsp3) is 0.459. The van der Waals surface area contributed by atoms with Crippen LogP contribution in [0.5, 0.6) is 0 Å². The predicted octanol–water partition coefficient (Wildman–Crippen LogP) is 4.55. The Kier molecular flexibility index (Phi) is 18.0. The smallest absolute Gasteiger partial charge is 0.407 e. The Balaban J connectivity index is 0.839. The number of alkyl carbamates (subject to hydrolysis) is 2. The van der Waals surface area contributed by atoms with Crippen molar-refractivity contribution in [2.45, 2.75) is 12.5 Å². The van der Waals surface area contributed by atoms with Crippen molar-refractivity contribution >= 4 is 12.2 Å². The summed E-state index contributed by atoms with van der Waals surface area (Å²) in [5, 5.41) is 5.38. The first-order valence-electron chi connectivity index (χ1n) is 16.7. The van der Waals surface area contributed by atoms with E-state index < -0.39 is 12.2 Å². The number of nitrogens with one attached hydrogen (secondary N) is 2. The van der Waals surface area contributed by atoms with Crippen molar-refractivity contribution in [3.05, 3.63) is 95.6 Å². The zero-order valence-electron chi connectivity index (χ0n) is 28.0. The van der Waals surface area contributed by atoms with Crippen LogP contribution in [0.25, 0.3) is 11.1 Å². The van der Waals surface area contributed by atoms with E-state index in [-0.39, 0.29) is 19.1 Å². The molecule has 0 heterocycles. The van der Waals surface area contributed by atoms with Crippen molar-refractivity contribution in [3.8, 4) is 11.1 Å². The minimum atomic E-state index is -0.474. The monoisotopic (exact) mass is 680 g/mol. The SMILES string of the molecule is O=C(NCCOCCOCCOCCOCCOCCOCCNC(=O)OCC1c2ccccc2-c2ccccc21)OCc1ccccc1. The molecule has 3 aromatic rings. The Morgan fingerprint density at radius 1 is 0.469 bits per heavy atom. The van der Waals surface area contributed by atoms with Crippen LogP contribution in [0.1, 0.15) is 22.6 Å². The van der Waals surface area contributed by atoms with Crippen molar-refractivity contribution in [3.63, 3.8) is 0 Å². The van der Waals surface area contributed by atoms with Crippen LogP contribution in [0.2, 0.25) is 0 Å². The highest BCUT2D eigenvalue weighted by atomic mass is 16.6. The quantitative estimate of drug-likeness (QED) is 0.123. The minimum absolute atomic E-state index is 0.0345. The molecule has 0 unspecified atom stereocenters. The highest BCUT2D eigenvalue weighted by Crippen LogP contribution is 2.44.